The highest BCUT2D eigenvalue weighted by Crippen LogP contribution is 2.32. The van der Waals surface area contributed by atoms with Gasteiger partial charge in [-0.2, -0.15) is 0 Å². The molecule has 10 heteroatoms. The summed E-state index contributed by atoms with van der Waals surface area (Å²) in [6.07, 6.45) is 8.93. The van der Waals surface area contributed by atoms with E-state index in [1.807, 2.05) is 26.0 Å². The van der Waals surface area contributed by atoms with Crippen LogP contribution in [0.15, 0.2) is 72.2 Å². The minimum atomic E-state index is -0.308. The lowest BCUT2D eigenvalue weighted by molar-refractivity contribution is -0.118. The topological polar surface area (TPSA) is 119 Å². The number of pyridine rings is 2. The van der Waals surface area contributed by atoms with E-state index in [9.17, 15) is 14.3 Å². The summed E-state index contributed by atoms with van der Waals surface area (Å²) < 4.78 is 14.9. The van der Waals surface area contributed by atoms with Crippen molar-refractivity contribution in [3.8, 4) is 22.3 Å². The highest BCUT2D eigenvalue weighted by Gasteiger charge is 2.22. The van der Waals surface area contributed by atoms with Gasteiger partial charge in [0.25, 0.3) is 0 Å². The van der Waals surface area contributed by atoms with E-state index in [0.717, 1.165) is 71.4 Å². The Morgan fingerprint density at radius 2 is 1.83 bits per heavy atom. The Labute approximate surface area is 266 Å². The van der Waals surface area contributed by atoms with Crippen molar-refractivity contribution < 1.29 is 14.3 Å². The third kappa shape index (κ3) is 6.18. The van der Waals surface area contributed by atoms with Crippen LogP contribution in [0, 0.1) is 11.7 Å². The maximum atomic E-state index is 14.9. The molecule has 0 spiro atoms. The lowest BCUT2D eigenvalue weighted by Gasteiger charge is -2.29. The van der Waals surface area contributed by atoms with Gasteiger partial charge in [-0.05, 0) is 71.8 Å². The summed E-state index contributed by atoms with van der Waals surface area (Å²) in [5, 5.41) is 12.8. The molecule has 7 rings (SSSR count). The van der Waals surface area contributed by atoms with E-state index in [2.05, 4.69) is 43.4 Å². The second-order valence-corrected chi connectivity index (χ2v) is 12.5. The van der Waals surface area contributed by atoms with Crippen LogP contribution in [0.5, 0.6) is 0 Å². The van der Waals surface area contributed by atoms with Crippen LogP contribution in [0.25, 0.3) is 33.3 Å². The van der Waals surface area contributed by atoms with Gasteiger partial charge in [-0.1, -0.05) is 26.0 Å². The van der Waals surface area contributed by atoms with Crippen molar-refractivity contribution in [2.75, 3.05) is 25.0 Å². The number of hydrogen-bond acceptors (Lipinski definition) is 7. The molecule has 0 saturated carbocycles. The van der Waals surface area contributed by atoms with Crippen LogP contribution in [-0.2, 0) is 17.8 Å². The molecule has 0 aliphatic carbocycles. The van der Waals surface area contributed by atoms with Gasteiger partial charge in [0.2, 0.25) is 5.91 Å². The molecule has 3 aromatic heterocycles. The number of anilines is 1. The van der Waals surface area contributed by atoms with Gasteiger partial charge in [-0.3, -0.25) is 24.7 Å². The van der Waals surface area contributed by atoms with Gasteiger partial charge in [-0.15, -0.1) is 0 Å². The predicted molar refractivity (Wildman–Crippen MR) is 177 cm³/mol. The van der Waals surface area contributed by atoms with Crippen molar-refractivity contribution in [2.24, 2.45) is 10.9 Å². The Bertz CT molecular complexity index is 1960. The van der Waals surface area contributed by atoms with Crippen LogP contribution < -0.4 is 5.32 Å². The van der Waals surface area contributed by atoms with E-state index in [1.54, 1.807) is 30.9 Å². The molecule has 2 aromatic carbocycles. The van der Waals surface area contributed by atoms with Gasteiger partial charge in [-0.25, -0.2) is 9.37 Å². The molecule has 1 fully saturated rings. The van der Waals surface area contributed by atoms with Crippen molar-refractivity contribution >= 4 is 28.3 Å². The average Bonchev–Trinajstić information content (AvgIpc) is 3.49. The Hall–Kier alpha value is -4.80. The number of carbonyl (C=O) groups excluding carboxylic acids is 1. The fraction of sp³-hybridized carbons (Fsp3) is 0.306. The molecule has 5 heterocycles. The molecule has 2 aliphatic heterocycles. The first-order valence-electron chi connectivity index (χ1n) is 15.8. The normalized spacial score (nSPS) is 15.6. The number of aliphatic imine (C=N–C) groups is 1. The molecule has 0 unspecified atom stereocenters. The van der Waals surface area contributed by atoms with Crippen molar-refractivity contribution in [3.63, 3.8) is 0 Å². The lowest BCUT2D eigenvalue weighted by Crippen LogP contribution is -2.35. The number of aliphatic hydroxyl groups is 1. The van der Waals surface area contributed by atoms with E-state index in [0.29, 0.717) is 35.7 Å². The van der Waals surface area contributed by atoms with Crippen molar-refractivity contribution in [1.29, 1.82) is 0 Å². The highest BCUT2D eigenvalue weighted by molar-refractivity contribution is 6.14. The van der Waals surface area contributed by atoms with Gasteiger partial charge < -0.3 is 15.4 Å². The van der Waals surface area contributed by atoms with E-state index in [1.165, 1.54) is 11.6 Å². The Kier molecular flexibility index (Phi) is 8.14. The van der Waals surface area contributed by atoms with Crippen molar-refractivity contribution in [2.45, 2.75) is 45.8 Å². The summed E-state index contributed by atoms with van der Waals surface area (Å²) >= 11 is 0. The molecule has 1 saturated heterocycles. The van der Waals surface area contributed by atoms with Gasteiger partial charge >= 0.3 is 0 Å². The number of rotatable bonds is 7. The number of halogens is 1. The zero-order valence-corrected chi connectivity index (χ0v) is 25.9. The van der Waals surface area contributed by atoms with Crippen molar-refractivity contribution in [1.82, 2.24) is 24.8 Å². The minimum absolute atomic E-state index is 0.0604. The number of nitrogens with one attached hydrogen (secondary N) is 2. The van der Waals surface area contributed by atoms with Crippen LogP contribution in [-0.4, -0.2) is 67.3 Å². The molecular weight excluding hydrogens is 581 g/mol. The molecule has 0 atom stereocenters. The molecule has 234 valence electrons. The zero-order valence-electron chi connectivity index (χ0n) is 25.9. The van der Waals surface area contributed by atoms with Crippen LogP contribution in [0.2, 0.25) is 0 Å². The number of piperidine rings is 1. The number of carbonyl (C=O) groups is 1. The monoisotopic (exact) mass is 617 g/mol. The summed E-state index contributed by atoms with van der Waals surface area (Å²) in [4.78, 5) is 36.7. The summed E-state index contributed by atoms with van der Waals surface area (Å²) in [6, 6.07) is 13.3. The first kappa shape index (κ1) is 29.9. The van der Waals surface area contributed by atoms with Crippen LogP contribution >= 0.6 is 0 Å². The Balaban J connectivity index is 1.21. The minimum Gasteiger partial charge on any atom is -0.393 e. The van der Waals surface area contributed by atoms with Gasteiger partial charge in [0, 0.05) is 61.2 Å². The van der Waals surface area contributed by atoms with E-state index in [4.69, 9.17) is 9.98 Å². The molecule has 5 aromatic rings. The fourth-order valence-electron chi connectivity index (χ4n) is 6.21. The predicted octanol–water partition coefficient (Wildman–Crippen LogP) is 5.77. The largest absolute Gasteiger partial charge is 0.393 e. The van der Waals surface area contributed by atoms with Crippen LogP contribution in [0.4, 0.5) is 10.1 Å². The molecule has 0 radical (unpaired) electrons. The number of likely N-dealkylation sites (tertiary alicyclic amines) is 1. The molecule has 46 heavy (non-hydrogen) atoms. The number of aliphatic hydroxyl groups excluding tert-OH is 1. The van der Waals surface area contributed by atoms with Gasteiger partial charge in [0.05, 0.1) is 35.2 Å². The second-order valence-electron chi connectivity index (χ2n) is 12.5. The van der Waals surface area contributed by atoms with Crippen LogP contribution in [0.3, 0.4) is 0 Å². The summed E-state index contributed by atoms with van der Waals surface area (Å²) in [5.41, 5.74) is 9.17. The molecule has 9 nitrogen and oxygen atoms in total. The average molecular weight is 618 g/mol. The molecular formula is C36H36FN7O2. The first-order chi connectivity index (χ1) is 22.3. The smallest absolute Gasteiger partial charge is 0.226 e. The second kappa shape index (κ2) is 12.5. The standard InChI is InChI=1S/C36H36FN7O2/c1-21(2)36(46)41-28-14-26(16-38-17-28)24-4-3-23-5-8-40-34(30(23)15-24)35-42-32-19-39-18-31(33(32)43-35)25-11-22(12-27(37)13-25)20-44-9-6-29(45)7-10-44/h3-4,11-19,21,29,45H,5-10,20H2,1-2H3,(H,41,46)(H,42,43). The van der Waals surface area contributed by atoms with Gasteiger partial charge in [0.1, 0.15) is 11.5 Å². The van der Waals surface area contributed by atoms with Crippen LogP contribution in [0.1, 0.15) is 49.2 Å². The summed E-state index contributed by atoms with van der Waals surface area (Å²) in [6.45, 7) is 6.54. The number of fused-ring (bicyclic) bond motifs is 2. The SMILES string of the molecule is CC(C)C(=O)Nc1cncc(-c2ccc3c(c2)C(c2nc4c(-c5cc(F)cc(CN6CCC(O)CC6)c5)cncc4[nH]2)=NCC3)c1. The lowest BCUT2D eigenvalue weighted by atomic mass is 9.93. The molecule has 3 N–H and O–H groups in total. The number of nitrogens with zero attached hydrogens (tertiary/aromatic N) is 5. The summed E-state index contributed by atoms with van der Waals surface area (Å²) in [7, 11) is 0. The van der Waals surface area contributed by atoms with E-state index >= 15 is 0 Å². The number of benzene rings is 2. The van der Waals surface area contributed by atoms with E-state index < -0.39 is 0 Å². The molecule has 0 bridgehead atoms. The number of aromatic nitrogens is 4. The summed E-state index contributed by atoms with van der Waals surface area (Å²) in [5.74, 6) is 0.124. The quantitative estimate of drug-likeness (QED) is 0.213. The maximum absolute atomic E-state index is 14.9. The number of H-pyrrole nitrogens is 1. The maximum Gasteiger partial charge on any atom is 0.226 e. The fourth-order valence-corrected chi connectivity index (χ4v) is 6.21. The first-order valence-corrected chi connectivity index (χ1v) is 15.8. The Morgan fingerprint density at radius 3 is 2.65 bits per heavy atom. The number of aromatic amines is 1. The number of hydrogen-bond donors (Lipinski definition) is 3. The zero-order chi connectivity index (χ0) is 31.8. The third-order valence-electron chi connectivity index (χ3n) is 8.73. The van der Waals surface area contributed by atoms with Crippen molar-refractivity contribution in [3.05, 3.63) is 95.6 Å². The van der Waals surface area contributed by atoms with E-state index in [-0.39, 0.29) is 23.7 Å². The highest BCUT2D eigenvalue weighted by atomic mass is 19.1. The number of amides is 1. The molecule has 1 amide bonds. The molecule has 2 aliphatic rings. The Morgan fingerprint density at radius 1 is 1.00 bits per heavy atom. The van der Waals surface area contributed by atoms with Gasteiger partial charge in [0.15, 0.2) is 5.82 Å². The third-order valence-corrected chi connectivity index (χ3v) is 8.73. The number of imidazole rings is 1.